The highest BCUT2D eigenvalue weighted by molar-refractivity contribution is 5.79. The zero-order valence-electron chi connectivity index (χ0n) is 18.5. The zero-order chi connectivity index (χ0) is 23.1. The minimum atomic E-state index is -0.889. The summed E-state index contributed by atoms with van der Waals surface area (Å²) in [6.07, 6.45) is 0. The average molecular weight is 448 g/mol. The van der Waals surface area contributed by atoms with Gasteiger partial charge in [-0.2, -0.15) is 0 Å². The smallest absolute Gasteiger partial charge is 0.308 e. The summed E-state index contributed by atoms with van der Waals surface area (Å²) >= 11 is 0. The number of carboxylic acids is 1. The molecule has 0 fully saturated rings. The Hall–Kier alpha value is -3.87. The van der Waals surface area contributed by atoms with Crippen LogP contribution < -0.4 is 23.7 Å². The largest absolute Gasteiger partial charge is 0.497 e. The normalized spacial score (nSPS) is 20.3. The van der Waals surface area contributed by atoms with Crippen LogP contribution in [0.5, 0.6) is 28.7 Å². The maximum Gasteiger partial charge on any atom is 0.308 e. The molecule has 2 aliphatic rings. The third-order valence-electron chi connectivity index (χ3n) is 6.51. The number of rotatable bonds is 6. The Morgan fingerprint density at radius 3 is 2.12 bits per heavy atom. The molecule has 0 aromatic heterocycles. The van der Waals surface area contributed by atoms with Gasteiger partial charge in [0.05, 0.1) is 27.2 Å². The Kier molecular flexibility index (Phi) is 5.24. The quantitative estimate of drug-likeness (QED) is 0.598. The topological polar surface area (TPSA) is 83.5 Å². The summed E-state index contributed by atoms with van der Waals surface area (Å²) in [6.45, 7) is 0.0601. The molecule has 1 N–H and O–H groups in total. The number of carboxylic acid groups (broad SMARTS) is 1. The molecule has 0 saturated heterocycles. The van der Waals surface area contributed by atoms with E-state index in [4.69, 9.17) is 23.7 Å². The number of carbonyl (C=O) groups is 1. The van der Waals surface area contributed by atoms with Gasteiger partial charge in [-0.25, -0.2) is 0 Å². The molecule has 5 rings (SSSR count). The zero-order valence-corrected chi connectivity index (χ0v) is 18.5. The molecule has 1 aliphatic heterocycles. The fourth-order valence-electron chi connectivity index (χ4n) is 5.05. The molecular formula is C26H24O7. The Bertz CT molecular complexity index is 1200. The van der Waals surface area contributed by atoms with E-state index >= 15 is 0 Å². The average Bonchev–Trinajstić information content (AvgIpc) is 3.46. The van der Waals surface area contributed by atoms with Gasteiger partial charge in [0, 0.05) is 17.4 Å². The van der Waals surface area contributed by atoms with E-state index in [0.717, 1.165) is 22.3 Å². The van der Waals surface area contributed by atoms with Crippen LogP contribution in [-0.2, 0) is 4.79 Å². The van der Waals surface area contributed by atoms with Crippen molar-refractivity contribution in [3.05, 3.63) is 76.9 Å². The van der Waals surface area contributed by atoms with Crippen molar-refractivity contribution in [2.75, 3.05) is 28.1 Å². The highest BCUT2D eigenvalue weighted by Gasteiger charge is 2.48. The molecule has 1 heterocycles. The molecule has 1 aliphatic carbocycles. The van der Waals surface area contributed by atoms with Crippen molar-refractivity contribution < 1.29 is 33.6 Å². The summed E-state index contributed by atoms with van der Waals surface area (Å²) in [5, 5.41) is 10.5. The number of aliphatic carboxylic acids is 1. The summed E-state index contributed by atoms with van der Waals surface area (Å²) in [5.41, 5.74) is 3.49. The molecule has 3 aromatic rings. The third-order valence-corrected chi connectivity index (χ3v) is 6.51. The molecule has 7 heteroatoms. The Labute approximate surface area is 191 Å². The summed E-state index contributed by atoms with van der Waals surface area (Å²) in [7, 11) is 4.77. The molecular weight excluding hydrogens is 424 g/mol. The lowest BCUT2D eigenvalue weighted by Crippen LogP contribution is -2.24. The summed E-state index contributed by atoms with van der Waals surface area (Å²) in [6, 6.07) is 17.0. The van der Waals surface area contributed by atoms with E-state index in [-0.39, 0.29) is 12.7 Å². The monoisotopic (exact) mass is 448 g/mol. The van der Waals surface area contributed by atoms with Gasteiger partial charge in [-0.3, -0.25) is 4.79 Å². The van der Waals surface area contributed by atoms with E-state index < -0.39 is 17.8 Å². The lowest BCUT2D eigenvalue weighted by molar-refractivity contribution is -0.142. The van der Waals surface area contributed by atoms with Crippen molar-refractivity contribution in [2.45, 2.75) is 11.8 Å². The van der Waals surface area contributed by atoms with Gasteiger partial charge in [-0.1, -0.05) is 24.3 Å². The third kappa shape index (κ3) is 3.31. The van der Waals surface area contributed by atoms with Crippen LogP contribution >= 0.6 is 0 Å². The van der Waals surface area contributed by atoms with Gasteiger partial charge in [0.15, 0.2) is 11.5 Å². The minimum absolute atomic E-state index is 0.0601. The van der Waals surface area contributed by atoms with E-state index in [9.17, 15) is 9.90 Å². The van der Waals surface area contributed by atoms with Gasteiger partial charge >= 0.3 is 5.97 Å². The summed E-state index contributed by atoms with van der Waals surface area (Å²) < 4.78 is 27.6. The number of hydrogen-bond donors (Lipinski definition) is 1. The van der Waals surface area contributed by atoms with Crippen molar-refractivity contribution in [1.82, 2.24) is 0 Å². The van der Waals surface area contributed by atoms with Crippen LogP contribution in [0.2, 0.25) is 0 Å². The Morgan fingerprint density at radius 2 is 1.45 bits per heavy atom. The second kappa shape index (κ2) is 8.24. The predicted octanol–water partition coefficient (Wildman–Crippen LogP) is 4.42. The second-order valence-electron chi connectivity index (χ2n) is 8.01. The van der Waals surface area contributed by atoms with Crippen molar-refractivity contribution in [2.24, 2.45) is 5.92 Å². The van der Waals surface area contributed by atoms with E-state index in [1.807, 2.05) is 48.5 Å². The van der Waals surface area contributed by atoms with E-state index in [1.54, 1.807) is 27.4 Å². The molecule has 3 unspecified atom stereocenters. The lowest BCUT2D eigenvalue weighted by atomic mass is 9.79. The number of methoxy groups -OCH3 is 3. The van der Waals surface area contributed by atoms with Crippen LogP contribution in [0.4, 0.5) is 0 Å². The van der Waals surface area contributed by atoms with Crippen molar-refractivity contribution in [1.29, 1.82) is 0 Å². The molecule has 0 amide bonds. The Morgan fingerprint density at radius 1 is 0.788 bits per heavy atom. The molecule has 170 valence electrons. The van der Waals surface area contributed by atoms with Crippen molar-refractivity contribution in [3.8, 4) is 28.7 Å². The second-order valence-corrected chi connectivity index (χ2v) is 8.01. The first-order valence-electron chi connectivity index (χ1n) is 10.6. The molecule has 0 radical (unpaired) electrons. The fourth-order valence-corrected chi connectivity index (χ4v) is 5.05. The number of hydrogen-bond acceptors (Lipinski definition) is 6. The predicted molar refractivity (Wildman–Crippen MR) is 120 cm³/mol. The van der Waals surface area contributed by atoms with E-state index in [2.05, 4.69) is 0 Å². The van der Waals surface area contributed by atoms with Gasteiger partial charge in [0.1, 0.15) is 11.5 Å². The molecule has 33 heavy (non-hydrogen) atoms. The molecule has 7 nitrogen and oxygen atoms in total. The molecule has 0 bridgehead atoms. The molecule has 3 aromatic carbocycles. The summed E-state index contributed by atoms with van der Waals surface area (Å²) in [4.78, 5) is 12.8. The van der Waals surface area contributed by atoms with Crippen LogP contribution in [0, 0.1) is 5.92 Å². The van der Waals surface area contributed by atoms with Crippen LogP contribution in [-0.4, -0.2) is 39.2 Å². The highest BCUT2D eigenvalue weighted by Crippen LogP contribution is 2.57. The van der Waals surface area contributed by atoms with Crippen LogP contribution in [0.25, 0.3) is 0 Å². The van der Waals surface area contributed by atoms with Gasteiger partial charge in [-0.05, 0) is 47.0 Å². The summed E-state index contributed by atoms with van der Waals surface area (Å²) in [5.74, 6) is 0.492. The van der Waals surface area contributed by atoms with Gasteiger partial charge in [0.25, 0.3) is 0 Å². The lowest BCUT2D eigenvalue weighted by Gasteiger charge is -2.24. The maximum absolute atomic E-state index is 12.8. The van der Waals surface area contributed by atoms with Gasteiger partial charge < -0.3 is 28.8 Å². The fraction of sp³-hybridized carbons (Fsp3) is 0.269. The van der Waals surface area contributed by atoms with Crippen LogP contribution in [0.3, 0.4) is 0 Å². The first-order chi connectivity index (χ1) is 16.1. The first-order valence-corrected chi connectivity index (χ1v) is 10.6. The number of benzene rings is 3. The van der Waals surface area contributed by atoms with Crippen molar-refractivity contribution in [3.63, 3.8) is 0 Å². The maximum atomic E-state index is 12.8. The SMILES string of the molecule is COc1ccc(C2c3cc(OC)ccc3C(c3ccc(OC)c4c3OCO4)C2C(=O)O)cc1. The Balaban J connectivity index is 1.72. The van der Waals surface area contributed by atoms with E-state index in [0.29, 0.717) is 28.7 Å². The minimum Gasteiger partial charge on any atom is -0.497 e. The number of fused-ring (bicyclic) bond motifs is 2. The van der Waals surface area contributed by atoms with Gasteiger partial charge in [0.2, 0.25) is 12.5 Å². The van der Waals surface area contributed by atoms with Crippen LogP contribution in [0.15, 0.2) is 54.6 Å². The van der Waals surface area contributed by atoms with Crippen LogP contribution in [0.1, 0.15) is 34.1 Å². The number of ether oxygens (including phenoxy) is 5. The molecule has 0 saturated carbocycles. The highest BCUT2D eigenvalue weighted by atomic mass is 16.7. The molecule has 3 atom stereocenters. The standard InChI is InChI=1S/C26H24O7/c1-29-15-6-4-14(5-7-15)21-19-12-16(30-2)8-9-17(19)22(23(21)26(27)28)18-10-11-20(31-3)25-24(18)32-13-33-25/h4-12,21-23H,13H2,1-3H3,(H,27,28). The molecule has 0 spiro atoms. The van der Waals surface area contributed by atoms with Gasteiger partial charge in [-0.15, -0.1) is 0 Å². The van der Waals surface area contributed by atoms with Crippen molar-refractivity contribution >= 4 is 5.97 Å². The first kappa shape index (κ1) is 21.0. The van der Waals surface area contributed by atoms with E-state index in [1.165, 1.54) is 0 Å².